The predicted molar refractivity (Wildman–Crippen MR) is 131 cm³/mol. The lowest BCUT2D eigenvalue weighted by Crippen LogP contribution is -2.31. The Morgan fingerprint density at radius 1 is 0.788 bits per heavy atom. The van der Waals surface area contributed by atoms with E-state index in [9.17, 15) is 4.79 Å². The van der Waals surface area contributed by atoms with Gasteiger partial charge in [-0.2, -0.15) is 4.98 Å². The number of ether oxygens (including phenoxy) is 1. The van der Waals surface area contributed by atoms with E-state index in [2.05, 4.69) is 10.6 Å². The second-order valence-corrected chi connectivity index (χ2v) is 8.29. The van der Waals surface area contributed by atoms with E-state index in [1.54, 1.807) is 12.1 Å². The van der Waals surface area contributed by atoms with Gasteiger partial charge >= 0.3 is 5.97 Å². The SMILES string of the molecule is O=C(O[C@H]1CC[C@H](Nc2nc(Nc3ccccc3)c3ccccc3n2)CC1)c1ccccc1. The molecule has 6 nitrogen and oxygen atoms in total. The zero-order chi connectivity index (χ0) is 22.5. The number of para-hydroxylation sites is 2. The lowest BCUT2D eigenvalue weighted by Gasteiger charge is -2.29. The summed E-state index contributed by atoms with van der Waals surface area (Å²) in [6, 6.07) is 27.4. The molecule has 1 heterocycles. The standard InChI is InChI=1S/C27H26N4O2/c32-26(19-9-3-1-4-10-19)33-22-17-15-21(16-18-22)29-27-30-24-14-8-7-13-23(24)25(31-27)28-20-11-5-2-6-12-20/h1-14,21-22H,15-18H2,(H2,28,29,30,31)/t21-,22-. The fraction of sp³-hybridized carbons (Fsp3) is 0.222. The van der Waals surface area contributed by atoms with Crippen LogP contribution in [0.4, 0.5) is 17.5 Å². The van der Waals surface area contributed by atoms with Gasteiger partial charge in [0.2, 0.25) is 5.95 Å². The van der Waals surface area contributed by atoms with Crippen LogP contribution >= 0.6 is 0 Å². The molecule has 0 bridgehead atoms. The Hall–Kier alpha value is -3.93. The van der Waals surface area contributed by atoms with Gasteiger partial charge in [0.1, 0.15) is 11.9 Å². The van der Waals surface area contributed by atoms with Gasteiger partial charge in [-0.15, -0.1) is 0 Å². The number of hydrogen-bond donors (Lipinski definition) is 2. The normalized spacial score (nSPS) is 17.9. The highest BCUT2D eigenvalue weighted by atomic mass is 16.5. The van der Waals surface area contributed by atoms with Crippen molar-refractivity contribution in [3.05, 3.63) is 90.5 Å². The van der Waals surface area contributed by atoms with Crippen LogP contribution in [0.2, 0.25) is 0 Å². The van der Waals surface area contributed by atoms with Gasteiger partial charge in [-0.3, -0.25) is 0 Å². The molecule has 0 radical (unpaired) electrons. The number of rotatable bonds is 6. The number of esters is 1. The van der Waals surface area contributed by atoms with Gasteiger partial charge in [0, 0.05) is 17.1 Å². The zero-order valence-corrected chi connectivity index (χ0v) is 18.3. The average molecular weight is 439 g/mol. The number of anilines is 3. The fourth-order valence-electron chi connectivity index (χ4n) is 4.20. The Labute approximate surface area is 193 Å². The highest BCUT2D eigenvalue weighted by Gasteiger charge is 2.25. The summed E-state index contributed by atoms with van der Waals surface area (Å²) in [6.07, 6.45) is 3.37. The summed E-state index contributed by atoms with van der Waals surface area (Å²) in [4.78, 5) is 21.8. The summed E-state index contributed by atoms with van der Waals surface area (Å²) in [7, 11) is 0. The lowest BCUT2D eigenvalue weighted by molar-refractivity contribution is 0.0202. The number of nitrogens with one attached hydrogen (secondary N) is 2. The highest BCUT2D eigenvalue weighted by molar-refractivity contribution is 5.91. The van der Waals surface area contributed by atoms with Crippen LogP contribution in [-0.4, -0.2) is 28.1 Å². The number of carbonyl (C=O) groups is 1. The molecular formula is C27H26N4O2. The van der Waals surface area contributed by atoms with Crippen molar-refractivity contribution in [3.63, 3.8) is 0 Å². The first kappa shape index (κ1) is 20.9. The summed E-state index contributed by atoms with van der Waals surface area (Å²) in [5.41, 5.74) is 2.47. The average Bonchev–Trinajstić information content (AvgIpc) is 2.86. The number of aromatic nitrogens is 2. The summed E-state index contributed by atoms with van der Waals surface area (Å²) < 4.78 is 5.71. The first-order valence-corrected chi connectivity index (χ1v) is 11.4. The van der Waals surface area contributed by atoms with E-state index in [1.807, 2.05) is 72.8 Å². The van der Waals surface area contributed by atoms with Crippen molar-refractivity contribution >= 4 is 34.3 Å². The van der Waals surface area contributed by atoms with Gasteiger partial charge in [0.25, 0.3) is 0 Å². The molecule has 1 aromatic heterocycles. The Bertz CT molecular complexity index is 1220. The van der Waals surface area contributed by atoms with Crippen LogP contribution in [0.25, 0.3) is 10.9 Å². The number of fused-ring (bicyclic) bond motifs is 1. The fourth-order valence-corrected chi connectivity index (χ4v) is 4.20. The first-order chi connectivity index (χ1) is 16.2. The molecule has 1 saturated carbocycles. The predicted octanol–water partition coefficient (Wildman–Crippen LogP) is 5.95. The van der Waals surface area contributed by atoms with E-state index in [1.165, 1.54) is 0 Å². The van der Waals surface area contributed by atoms with Gasteiger partial charge in [0.15, 0.2) is 0 Å². The summed E-state index contributed by atoms with van der Waals surface area (Å²) >= 11 is 0. The van der Waals surface area contributed by atoms with Gasteiger partial charge in [-0.25, -0.2) is 9.78 Å². The van der Waals surface area contributed by atoms with Crippen LogP contribution in [0, 0.1) is 0 Å². The first-order valence-electron chi connectivity index (χ1n) is 11.4. The Morgan fingerprint density at radius 3 is 2.21 bits per heavy atom. The van der Waals surface area contributed by atoms with Crippen LogP contribution in [0.1, 0.15) is 36.0 Å². The molecule has 4 aromatic rings. The van der Waals surface area contributed by atoms with Crippen molar-refractivity contribution in [2.45, 2.75) is 37.8 Å². The highest BCUT2D eigenvalue weighted by Crippen LogP contribution is 2.28. The number of carbonyl (C=O) groups excluding carboxylic acids is 1. The molecule has 1 aliphatic rings. The third-order valence-corrected chi connectivity index (χ3v) is 5.93. The molecule has 33 heavy (non-hydrogen) atoms. The molecule has 0 atom stereocenters. The van der Waals surface area contributed by atoms with Crippen LogP contribution in [-0.2, 0) is 4.74 Å². The summed E-state index contributed by atoms with van der Waals surface area (Å²) in [6.45, 7) is 0. The quantitative estimate of drug-likeness (QED) is 0.362. The van der Waals surface area contributed by atoms with E-state index in [0.717, 1.165) is 48.1 Å². The molecule has 1 aliphatic carbocycles. The van der Waals surface area contributed by atoms with Crippen LogP contribution in [0.5, 0.6) is 0 Å². The van der Waals surface area contributed by atoms with E-state index in [-0.39, 0.29) is 18.1 Å². The summed E-state index contributed by atoms with van der Waals surface area (Å²) in [5.74, 6) is 1.14. The molecule has 166 valence electrons. The minimum Gasteiger partial charge on any atom is -0.459 e. The maximum atomic E-state index is 12.3. The maximum Gasteiger partial charge on any atom is 0.338 e. The van der Waals surface area contributed by atoms with Gasteiger partial charge in [0.05, 0.1) is 11.1 Å². The largest absolute Gasteiger partial charge is 0.459 e. The summed E-state index contributed by atoms with van der Waals surface area (Å²) in [5, 5.41) is 7.90. The van der Waals surface area contributed by atoms with Crippen molar-refractivity contribution in [1.29, 1.82) is 0 Å². The van der Waals surface area contributed by atoms with E-state index in [4.69, 9.17) is 14.7 Å². The minimum atomic E-state index is -0.249. The molecule has 0 unspecified atom stereocenters. The number of nitrogens with zero attached hydrogens (tertiary/aromatic N) is 2. The van der Waals surface area contributed by atoms with Gasteiger partial charge in [-0.1, -0.05) is 48.5 Å². The van der Waals surface area contributed by atoms with Crippen LogP contribution in [0.3, 0.4) is 0 Å². The Balaban J connectivity index is 1.25. The van der Waals surface area contributed by atoms with Crippen molar-refractivity contribution in [1.82, 2.24) is 9.97 Å². The van der Waals surface area contributed by atoms with E-state index >= 15 is 0 Å². The zero-order valence-electron chi connectivity index (χ0n) is 18.3. The molecule has 0 amide bonds. The molecule has 6 heteroatoms. The molecule has 0 aliphatic heterocycles. The van der Waals surface area contributed by atoms with Crippen molar-refractivity contribution in [2.75, 3.05) is 10.6 Å². The molecule has 5 rings (SSSR count). The lowest BCUT2D eigenvalue weighted by atomic mass is 9.93. The molecule has 3 aromatic carbocycles. The van der Waals surface area contributed by atoms with Crippen molar-refractivity contribution < 1.29 is 9.53 Å². The molecule has 0 saturated heterocycles. The maximum absolute atomic E-state index is 12.3. The minimum absolute atomic E-state index is 0.0522. The van der Waals surface area contributed by atoms with Gasteiger partial charge in [-0.05, 0) is 62.1 Å². The monoisotopic (exact) mass is 438 g/mol. The van der Waals surface area contributed by atoms with E-state index in [0.29, 0.717) is 11.5 Å². The van der Waals surface area contributed by atoms with Crippen molar-refractivity contribution in [2.24, 2.45) is 0 Å². The Morgan fingerprint density at radius 2 is 1.45 bits per heavy atom. The topological polar surface area (TPSA) is 76.1 Å². The van der Waals surface area contributed by atoms with Crippen molar-refractivity contribution in [3.8, 4) is 0 Å². The molecule has 0 spiro atoms. The van der Waals surface area contributed by atoms with Crippen LogP contribution < -0.4 is 10.6 Å². The van der Waals surface area contributed by atoms with E-state index < -0.39 is 0 Å². The number of hydrogen-bond acceptors (Lipinski definition) is 6. The molecule has 2 N–H and O–H groups in total. The molecule has 1 fully saturated rings. The second-order valence-electron chi connectivity index (χ2n) is 8.29. The van der Waals surface area contributed by atoms with Crippen LogP contribution in [0.15, 0.2) is 84.9 Å². The second kappa shape index (κ2) is 9.69. The Kier molecular flexibility index (Phi) is 6.15. The third-order valence-electron chi connectivity index (χ3n) is 5.93. The third kappa shape index (κ3) is 5.12. The van der Waals surface area contributed by atoms with Gasteiger partial charge < -0.3 is 15.4 Å². The smallest absolute Gasteiger partial charge is 0.338 e. The number of benzene rings is 3. The molecular weight excluding hydrogens is 412 g/mol.